The second-order valence-electron chi connectivity index (χ2n) is 11.7. The van der Waals surface area contributed by atoms with Crippen molar-refractivity contribution in [3.63, 3.8) is 0 Å². The average Bonchev–Trinajstić information content (AvgIpc) is 3.49. The zero-order valence-electron chi connectivity index (χ0n) is 25.8. The Kier molecular flexibility index (Phi) is 11.8. The van der Waals surface area contributed by atoms with E-state index >= 15 is 0 Å². The summed E-state index contributed by atoms with van der Waals surface area (Å²) in [6.07, 6.45) is 0.203. The standard InChI is InChI=1S/C32H38N4O7S3/c1-22(2)17-36(46(42,43)25-12-13-27-31(16-25)44-21-34-27)18-29(37)28(15-24-9-5-4-6-10-24)35-32(39)23(3)19-45(40,41)20-30(38)26-11-7-8-14-33-26/h4-14,16,21-23,28-29,37H,15,17-20H2,1-3H3,(H,35,39)/t23-,28?,29-/m1/s1. The molecule has 0 saturated carbocycles. The Balaban J connectivity index is 1.52. The number of thiazole rings is 1. The number of aliphatic hydroxyl groups excluding tert-OH is 1. The highest BCUT2D eigenvalue weighted by molar-refractivity contribution is 7.92. The van der Waals surface area contributed by atoms with Crippen molar-refractivity contribution < 1.29 is 31.5 Å². The number of ketones is 1. The molecule has 1 amide bonds. The third-order valence-electron chi connectivity index (χ3n) is 7.24. The van der Waals surface area contributed by atoms with Gasteiger partial charge in [-0.15, -0.1) is 11.3 Å². The van der Waals surface area contributed by atoms with Crippen molar-refractivity contribution in [2.24, 2.45) is 11.8 Å². The SMILES string of the molecule is CC(C)CN(C[C@@H](O)C(Cc1ccccc1)NC(=O)[C@H](C)CS(=O)(=O)CC(=O)c1ccccn1)S(=O)(=O)c1ccc2ncsc2c1. The summed E-state index contributed by atoms with van der Waals surface area (Å²) >= 11 is 1.32. The molecule has 246 valence electrons. The van der Waals surface area contributed by atoms with E-state index in [1.165, 1.54) is 40.9 Å². The number of sulfone groups is 1. The first-order valence-corrected chi connectivity index (χ1v) is 18.9. The van der Waals surface area contributed by atoms with Gasteiger partial charge in [-0.3, -0.25) is 14.6 Å². The Hall–Kier alpha value is -3.56. The predicted octanol–water partition coefficient (Wildman–Crippen LogP) is 3.36. The Morgan fingerprint density at radius 3 is 2.33 bits per heavy atom. The molecule has 0 aliphatic rings. The molecule has 11 nitrogen and oxygen atoms in total. The number of aliphatic hydroxyl groups is 1. The number of sulfonamides is 1. The van der Waals surface area contributed by atoms with Crippen LogP contribution in [-0.4, -0.2) is 84.6 Å². The summed E-state index contributed by atoms with van der Waals surface area (Å²) in [6.45, 7) is 4.96. The van der Waals surface area contributed by atoms with Crippen molar-refractivity contribution in [1.82, 2.24) is 19.6 Å². The van der Waals surface area contributed by atoms with Gasteiger partial charge in [-0.25, -0.2) is 21.8 Å². The summed E-state index contributed by atoms with van der Waals surface area (Å²) in [5, 5.41) is 14.3. The Labute approximate surface area is 273 Å². The van der Waals surface area contributed by atoms with Gasteiger partial charge < -0.3 is 10.4 Å². The van der Waals surface area contributed by atoms with E-state index in [9.17, 15) is 31.5 Å². The lowest BCUT2D eigenvalue weighted by Gasteiger charge is -2.31. The first-order valence-electron chi connectivity index (χ1n) is 14.8. The highest BCUT2D eigenvalue weighted by Crippen LogP contribution is 2.25. The molecule has 0 spiro atoms. The molecule has 1 unspecified atom stereocenters. The van der Waals surface area contributed by atoms with Gasteiger partial charge in [-0.05, 0) is 48.2 Å². The minimum absolute atomic E-state index is 0.0158. The molecular formula is C32H38N4O7S3. The molecule has 0 fully saturated rings. The van der Waals surface area contributed by atoms with Crippen molar-refractivity contribution in [1.29, 1.82) is 0 Å². The molecule has 0 aliphatic carbocycles. The molecule has 3 atom stereocenters. The quantitative estimate of drug-likeness (QED) is 0.168. The monoisotopic (exact) mass is 686 g/mol. The van der Waals surface area contributed by atoms with Gasteiger partial charge in [-0.2, -0.15) is 4.31 Å². The molecular weight excluding hydrogens is 649 g/mol. The van der Waals surface area contributed by atoms with Crippen LogP contribution in [0.2, 0.25) is 0 Å². The van der Waals surface area contributed by atoms with Crippen LogP contribution in [0.5, 0.6) is 0 Å². The van der Waals surface area contributed by atoms with Crippen LogP contribution in [0, 0.1) is 11.8 Å². The van der Waals surface area contributed by atoms with Gasteiger partial charge in [0.15, 0.2) is 15.6 Å². The summed E-state index contributed by atoms with van der Waals surface area (Å²) in [4.78, 5) is 34.0. The molecule has 0 saturated heterocycles. The first kappa shape index (κ1) is 35.3. The number of benzene rings is 2. The number of aromatic nitrogens is 2. The predicted molar refractivity (Wildman–Crippen MR) is 178 cm³/mol. The number of hydrogen-bond acceptors (Lipinski definition) is 10. The summed E-state index contributed by atoms with van der Waals surface area (Å²) in [6, 6.07) is 17.4. The molecule has 0 radical (unpaired) electrons. The smallest absolute Gasteiger partial charge is 0.243 e. The second-order valence-corrected chi connectivity index (χ2v) is 16.6. The van der Waals surface area contributed by atoms with Gasteiger partial charge >= 0.3 is 0 Å². The highest BCUT2D eigenvalue weighted by atomic mass is 32.2. The molecule has 2 heterocycles. The van der Waals surface area contributed by atoms with Gasteiger partial charge in [0.2, 0.25) is 15.9 Å². The van der Waals surface area contributed by atoms with E-state index < -0.39 is 61.1 Å². The van der Waals surface area contributed by atoms with Crippen molar-refractivity contribution in [3.8, 4) is 0 Å². The molecule has 46 heavy (non-hydrogen) atoms. The molecule has 0 bridgehead atoms. The van der Waals surface area contributed by atoms with Crippen LogP contribution in [0.1, 0.15) is 36.8 Å². The third-order valence-corrected chi connectivity index (χ3v) is 11.6. The number of Topliss-reactive ketones (excluding diaryl/α,β-unsaturated/α-hetero) is 1. The zero-order valence-corrected chi connectivity index (χ0v) is 28.3. The maximum absolute atomic E-state index is 13.8. The number of hydrogen-bond donors (Lipinski definition) is 2. The first-order chi connectivity index (χ1) is 21.7. The van der Waals surface area contributed by atoms with E-state index in [1.807, 2.05) is 32.0 Å². The van der Waals surface area contributed by atoms with Gasteiger partial charge in [0.1, 0.15) is 11.4 Å². The number of carbonyl (C=O) groups excluding carboxylic acids is 2. The van der Waals surface area contributed by atoms with Crippen LogP contribution < -0.4 is 5.32 Å². The zero-order chi connectivity index (χ0) is 33.5. The van der Waals surface area contributed by atoms with Crippen molar-refractivity contribution in [3.05, 3.63) is 89.7 Å². The Bertz CT molecular complexity index is 1850. The summed E-state index contributed by atoms with van der Waals surface area (Å²) in [7, 11) is -8.03. The fourth-order valence-corrected chi connectivity index (χ4v) is 8.97. The summed E-state index contributed by atoms with van der Waals surface area (Å²) in [5.74, 6) is -3.86. The Morgan fingerprint density at radius 1 is 0.935 bits per heavy atom. The number of pyridine rings is 1. The van der Waals surface area contributed by atoms with Gasteiger partial charge in [0, 0.05) is 25.2 Å². The van der Waals surface area contributed by atoms with Crippen LogP contribution in [0.25, 0.3) is 10.2 Å². The lowest BCUT2D eigenvalue weighted by atomic mass is 10.00. The van der Waals surface area contributed by atoms with Gasteiger partial charge in [0.25, 0.3) is 0 Å². The van der Waals surface area contributed by atoms with Crippen molar-refractivity contribution in [2.45, 2.75) is 44.2 Å². The summed E-state index contributed by atoms with van der Waals surface area (Å²) < 4.78 is 55.3. The lowest BCUT2D eigenvalue weighted by Crippen LogP contribution is -2.52. The van der Waals surface area contributed by atoms with E-state index in [1.54, 1.807) is 41.9 Å². The lowest BCUT2D eigenvalue weighted by molar-refractivity contribution is -0.125. The minimum atomic E-state index is -4.05. The number of fused-ring (bicyclic) bond motifs is 1. The second kappa shape index (κ2) is 15.4. The van der Waals surface area contributed by atoms with E-state index in [-0.39, 0.29) is 36.0 Å². The van der Waals surface area contributed by atoms with Crippen LogP contribution >= 0.6 is 11.3 Å². The average molecular weight is 687 g/mol. The third kappa shape index (κ3) is 9.48. The summed E-state index contributed by atoms with van der Waals surface area (Å²) in [5.41, 5.74) is 3.12. The highest BCUT2D eigenvalue weighted by Gasteiger charge is 2.33. The Morgan fingerprint density at radius 2 is 1.65 bits per heavy atom. The molecule has 2 N–H and O–H groups in total. The van der Waals surface area contributed by atoms with Crippen molar-refractivity contribution in [2.75, 3.05) is 24.6 Å². The van der Waals surface area contributed by atoms with Crippen LogP contribution in [0.4, 0.5) is 0 Å². The minimum Gasteiger partial charge on any atom is -0.390 e. The fraction of sp³-hybridized carbons (Fsp3) is 0.375. The number of rotatable bonds is 16. The maximum atomic E-state index is 13.8. The van der Waals surface area contributed by atoms with Crippen LogP contribution in [0.3, 0.4) is 0 Å². The van der Waals surface area contributed by atoms with E-state index in [0.29, 0.717) is 10.2 Å². The van der Waals surface area contributed by atoms with E-state index in [2.05, 4.69) is 15.3 Å². The molecule has 4 aromatic rings. The van der Waals surface area contributed by atoms with E-state index in [4.69, 9.17) is 0 Å². The number of amides is 1. The number of nitrogens with zero attached hydrogens (tertiary/aromatic N) is 3. The number of nitrogens with one attached hydrogen (secondary N) is 1. The topological polar surface area (TPSA) is 164 Å². The van der Waals surface area contributed by atoms with E-state index in [0.717, 1.165) is 5.56 Å². The van der Waals surface area contributed by atoms with Gasteiger partial charge in [-0.1, -0.05) is 57.2 Å². The molecule has 2 aromatic heterocycles. The van der Waals surface area contributed by atoms with Crippen LogP contribution in [-0.2, 0) is 31.1 Å². The van der Waals surface area contributed by atoms with Crippen molar-refractivity contribution >= 4 is 53.1 Å². The normalized spacial score (nSPS) is 14.3. The number of carbonyl (C=O) groups is 2. The molecule has 4 rings (SSSR count). The van der Waals surface area contributed by atoms with Crippen LogP contribution in [0.15, 0.2) is 83.3 Å². The fourth-order valence-electron chi connectivity index (χ4n) is 4.95. The largest absolute Gasteiger partial charge is 0.390 e. The maximum Gasteiger partial charge on any atom is 0.243 e. The molecule has 14 heteroatoms. The van der Waals surface area contributed by atoms with Gasteiger partial charge in [0.05, 0.1) is 38.5 Å². The molecule has 0 aliphatic heterocycles. The molecule has 2 aromatic carbocycles.